The molecule has 7 heteroatoms. The molecule has 0 aliphatic carbocycles. The van der Waals surface area contributed by atoms with Gasteiger partial charge in [-0.1, -0.05) is 12.8 Å². The van der Waals surface area contributed by atoms with Crippen LogP contribution in [-0.2, 0) is 10.0 Å². The summed E-state index contributed by atoms with van der Waals surface area (Å²) in [5.74, 6) is 0. The highest BCUT2D eigenvalue weighted by Crippen LogP contribution is 2.22. The molecule has 5 nitrogen and oxygen atoms in total. The van der Waals surface area contributed by atoms with Gasteiger partial charge in [0.15, 0.2) is 0 Å². The van der Waals surface area contributed by atoms with Gasteiger partial charge >= 0.3 is 0 Å². The SMILES string of the molecule is Nc1cc(S(=O)(=O)NCCCCCCO)ccc1Br. The van der Waals surface area contributed by atoms with E-state index in [2.05, 4.69) is 20.7 Å². The van der Waals surface area contributed by atoms with Gasteiger partial charge in [-0.15, -0.1) is 0 Å². The van der Waals surface area contributed by atoms with Crippen molar-refractivity contribution < 1.29 is 13.5 Å². The summed E-state index contributed by atoms with van der Waals surface area (Å²) in [6.45, 7) is 0.577. The first-order chi connectivity index (χ1) is 8.97. The number of hydrogen-bond donors (Lipinski definition) is 3. The summed E-state index contributed by atoms with van der Waals surface area (Å²) in [7, 11) is -3.49. The Morgan fingerprint density at radius 3 is 2.53 bits per heavy atom. The summed E-state index contributed by atoms with van der Waals surface area (Å²) in [5.41, 5.74) is 6.06. The Labute approximate surface area is 122 Å². The zero-order valence-electron chi connectivity index (χ0n) is 10.6. The predicted octanol–water partition coefficient (Wildman–Crippen LogP) is 1.86. The van der Waals surface area contributed by atoms with Gasteiger partial charge < -0.3 is 10.8 Å². The number of nitrogens with two attached hydrogens (primary N) is 1. The van der Waals surface area contributed by atoms with Crippen molar-refractivity contribution in [2.75, 3.05) is 18.9 Å². The minimum absolute atomic E-state index is 0.170. The largest absolute Gasteiger partial charge is 0.398 e. The molecule has 1 aromatic rings. The van der Waals surface area contributed by atoms with Crippen molar-refractivity contribution in [3.8, 4) is 0 Å². The second kappa shape index (κ2) is 7.84. The maximum atomic E-state index is 12.0. The van der Waals surface area contributed by atoms with Crippen LogP contribution in [0.25, 0.3) is 0 Å². The van der Waals surface area contributed by atoms with Crippen molar-refractivity contribution in [2.45, 2.75) is 30.6 Å². The van der Waals surface area contributed by atoms with Crippen LogP contribution >= 0.6 is 15.9 Å². The van der Waals surface area contributed by atoms with Crippen LogP contribution in [0.3, 0.4) is 0 Å². The fraction of sp³-hybridized carbons (Fsp3) is 0.500. The summed E-state index contributed by atoms with van der Waals surface area (Å²) in [5, 5.41) is 8.62. The highest BCUT2D eigenvalue weighted by molar-refractivity contribution is 9.10. The Hall–Kier alpha value is -0.630. The van der Waals surface area contributed by atoms with E-state index in [-0.39, 0.29) is 11.5 Å². The number of hydrogen-bond acceptors (Lipinski definition) is 4. The summed E-state index contributed by atoms with van der Waals surface area (Å²) in [6.07, 6.45) is 3.32. The van der Waals surface area contributed by atoms with E-state index in [9.17, 15) is 8.42 Å². The molecule has 0 atom stereocenters. The first-order valence-corrected chi connectivity index (χ1v) is 8.40. The molecule has 1 aromatic carbocycles. The number of aliphatic hydroxyl groups excluding tert-OH is 1. The van der Waals surface area contributed by atoms with E-state index in [1.807, 2.05) is 0 Å². The molecule has 0 aromatic heterocycles. The zero-order valence-corrected chi connectivity index (χ0v) is 13.0. The predicted molar refractivity (Wildman–Crippen MR) is 79.3 cm³/mol. The number of unbranched alkanes of at least 4 members (excludes halogenated alkanes) is 3. The maximum Gasteiger partial charge on any atom is 0.240 e. The van der Waals surface area contributed by atoms with Gasteiger partial charge in [-0.3, -0.25) is 0 Å². The smallest absolute Gasteiger partial charge is 0.240 e. The van der Waals surface area contributed by atoms with Gasteiger partial charge in [-0.2, -0.15) is 0 Å². The van der Waals surface area contributed by atoms with Crippen LogP contribution < -0.4 is 10.5 Å². The standard InChI is InChI=1S/C12H19BrN2O3S/c13-11-6-5-10(9-12(11)14)19(17,18)15-7-3-1-2-4-8-16/h5-6,9,15-16H,1-4,7-8,14H2. The summed E-state index contributed by atoms with van der Waals surface area (Å²) in [6, 6.07) is 4.55. The van der Waals surface area contributed by atoms with Crippen molar-refractivity contribution in [1.29, 1.82) is 0 Å². The number of nitrogen functional groups attached to an aromatic ring is 1. The number of benzene rings is 1. The van der Waals surface area contributed by atoms with Crippen molar-refractivity contribution in [3.63, 3.8) is 0 Å². The molecule has 0 saturated carbocycles. The highest BCUT2D eigenvalue weighted by atomic mass is 79.9. The molecule has 0 aliphatic rings. The second-order valence-electron chi connectivity index (χ2n) is 4.22. The van der Waals surface area contributed by atoms with Crippen LogP contribution in [-0.4, -0.2) is 26.7 Å². The zero-order chi connectivity index (χ0) is 14.3. The molecular formula is C12H19BrN2O3S. The van der Waals surface area contributed by atoms with Crippen molar-refractivity contribution >= 4 is 31.6 Å². The van der Waals surface area contributed by atoms with Gasteiger partial charge in [-0.25, -0.2) is 13.1 Å². The lowest BCUT2D eigenvalue weighted by molar-refractivity contribution is 0.282. The first-order valence-electron chi connectivity index (χ1n) is 6.13. The van der Waals surface area contributed by atoms with E-state index in [1.165, 1.54) is 12.1 Å². The summed E-state index contributed by atoms with van der Waals surface area (Å²) in [4.78, 5) is 0.170. The number of anilines is 1. The number of rotatable bonds is 8. The fourth-order valence-corrected chi connectivity index (χ4v) is 2.92. The molecule has 4 N–H and O–H groups in total. The first kappa shape index (κ1) is 16.4. The van der Waals surface area contributed by atoms with Crippen LogP contribution in [0.5, 0.6) is 0 Å². The highest BCUT2D eigenvalue weighted by Gasteiger charge is 2.14. The second-order valence-corrected chi connectivity index (χ2v) is 6.84. The lowest BCUT2D eigenvalue weighted by atomic mass is 10.2. The number of aliphatic hydroxyl groups is 1. The Bertz CT molecular complexity index is 506. The van der Waals surface area contributed by atoms with Gasteiger partial charge in [0.2, 0.25) is 10.0 Å². The third kappa shape index (κ3) is 5.48. The monoisotopic (exact) mass is 350 g/mol. The number of nitrogens with one attached hydrogen (secondary N) is 1. The van der Waals surface area contributed by atoms with Crippen LogP contribution in [0.15, 0.2) is 27.6 Å². The number of sulfonamides is 1. The van der Waals surface area contributed by atoms with Crippen molar-refractivity contribution in [2.24, 2.45) is 0 Å². The van der Waals surface area contributed by atoms with E-state index in [0.29, 0.717) is 16.7 Å². The minimum atomic E-state index is -3.49. The topological polar surface area (TPSA) is 92.4 Å². The van der Waals surface area contributed by atoms with E-state index in [4.69, 9.17) is 10.8 Å². The van der Waals surface area contributed by atoms with E-state index in [0.717, 1.165) is 25.7 Å². The summed E-state index contributed by atoms with van der Waals surface area (Å²) < 4.78 is 27.1. The van der Waals surface area contributed by atoms with Gasteiger partial charge in [0.05, 0.1) is 4.90 Å². The fourth-order valence-electron chi connectivity index (χ4n) is 1.57. The summed E-state index contributed by atoms with van der Waals surface area (Å²) >= 11 is 3.22. The van der Waals surface area contributed by atoms with E-state index >= 15 is 0 Å². The average Bonchev–Trinajstić information content (AvgIpc) is 2.36. The van der Waals surface area contributed by atoms with Crippen LogP contribution in [0.1, 0.15) is 25.7 Å². The van der Waals surface area contributed by atoms with Crippen LogP contribution in [0.4, 0.5) is 5.69 Å². The molecule has 0 fully saturated rings. The average molecular weight is 351 g/mol. The molecule has 1 rings (SSSR count). The van der Waals surface area contributed by atoms with E-state index < -0.39 is 10.0 Å². The molecule has 19 heavy (non-hydrogen) atoms. The molecule has 0 bridgehead atoms. The molecule has 0 heterocycles. The van der Waals surface area contributed by atoms with E-state index in [1.54, 1.807) is 6.07 Å². The lowest BCUT2D eigenvalue weighted by Gasteiger charge is -2.08. The van der Waals surface area contributed by atoms with Crippen LogP contribution in [0, 0.1) is 0 Å². The van der Waals surface area contributed by atoms with Crippen molar-refractivity contribution in [3.05, 3.63) is 22.7 Å². The minimum Gasteiger partial charge on any atom is -0.398 e. The Balaban J connectivity index is 2.49. The van der Waals surface area contributed by atoms with Crippen molar-refractivity contribution in [1.82, 2.24) is 4.72 Å². The number of halogens is 1. The molecule has 0 aliphatic heterocycles. The molecule has 0 unspecified atom stereocenters. The molecular weight excluding hydrogens is 332 g/mol. The Morgan fingerprint density at radius 1 is 1.21 bits per heavy atom. The third-order valence-electron chi connectivity index (χ3n) is 2.65. The molecule has 108 valence electrons. The Kier molecular flexibility index (Phi) is 6.78. The molecule has 0 radical (unpaired) electrons. The maximum absolute atomic E-state index is 12.0. The normalized spacial score (nSPS) is 11.7. The van der Waals surface area contributed by atoms with Gasteiger partial charge in [0.1, 0.15) is 0 Å². The Morgan fingerprint density at radius 2 is 1.89 bits per heavy atom. The van der Waals surface area contributed by atoms with Gasteiger partial charge in [0, 0.05) is 23.3 Å². The lowest BCUT2D eigenvalue weighted by Crippen LogP contribution is -2.24. The quantitative estimate of drug-likeness (QED) is 0.492. The molecule has 0 spiro atoms. The van der Waals surface area contributed by atoms with Gasteiger partial charge in [0.25, 0.3) is 0 Å². The van der Waals surface area contributed by atoms with Crippen LogP contribution in [0.2, 0.25) is 0 Å². The van der Waals surface area contributed by atoms with Gasteiger partial charge in [-0.05, 0) is 47.0 Å². The molecule has 0 saturated heterocycles. The third-order valence-corrected chi connectivity index (χ3v) is 4.84. The molecule has 0 amide bonds.